The van der Waals surface area contributed by atoms with Crippen LogP contribution in [-0.2, 0) is 6.42 Å². The standard InChI is InChI=1S/C21H12ClN3O3S/c22-14-7-5-12(6-8-14)9-18-24-25-16(11-26)19(23-21(25)29-18)15-10-13-3-1-2-4-17(13)28-20(15)27/h1-8,10-11H,9H2. The van der Waals surface area contributed by atoms with Gasteiger partial charge in [0.15, 0.2) is 6.29 Å². The molecule has 0 aliphatic rings. The van der Waals surface area contributed by atoms with Crippen molar-refractivity contribution in [3.8, 4) is 11.3 Å². The van der Waals surface area contributed by atoms with Gasteiger partial charge in [-0.2, -0.15) is 9.61 Å². The van der Waals surface area contributed by atoms with Crippen LogP contribution in [0.1, 0.15) is 21.1 Å². The Morgan fingerprint density at radius 1 is 1.14 bits per heavy atom. The molecule has 29 heavy (non-hydrogen) atoms. The molecule has 0 amide bonds. The molecule has 0 N–H and O–H groups in total. The fourth-order valence-corrected chi connectivity index (χ4v) is 4.24. The van der Waals surface area contributed by atoms with Gasteiger partial charge in [-0.05, 0) is 29.8 Å². The van der Waals surface area contributed by atoms with Gasteiger partial charge in [-0.15, -0.1) is 0 Å². The molecule has 3 aromatic heterocycles. The summed E-state index contributed by atoms with van der Waals surface area (Å²) in [4.78, 5) is 29.3. The molecule has 5 aromatic rings. The third-order valence-corrected chi connectivity index (χ3v) is 5.72. The number of imidazole rings is 1. The number of halogens is 1. The van der Waals surface area contributed by atoms with E-state index in [-0.39, 0.29) is 17.0 Å². The van der Waals surface area contributed by atoms with Gasteiger partial charge < -0.3 is 4.42 Å². The SMILES string of the molecule is O=Cc1c(-c2cc3ccccc3oc2=O)nc2sc(Cc3ccc(Cl)cc3)nn12. The number of hydrogen-bond donors (Lipinski definition) is 0. The van der Waals surface area contributed by atoms with E-state index in [0.717, 1.165) is 16.0 Å². The first-order chi connectivity index (χ1) is 14.1. The molecule has 0 aliphatic carbocycles. The minimum Gasteiger partial charge on any atom is -0.422 e. The van der Waals surface area contributed by atoms with Crippen molar-refractivity contribution in [3.05, 3.63) is 86.3 Å². The summed E-state index contributed by atoms with van der Waals surface area (Å²) < 4.78 is 6.86. The highest BCUT2D eigenvalue weighted by Crippen LogP contribution is 2.27. The van der Waals surface area contributed by atoms with Gasteiger partial charge in [0.1, 0.15) is 22.0 Å². The highest BCUT2D eigenvalue weighted by molar-refractivity contribution is 7.16. The van der Waals surface area contributed by atoms with Gasteiger partial charge in [0, 0.05) is 16.8 Å². The van der Waals surface area contributed by atoms with E-state index in [1.54, 1.807) is 18.2 Å². The minimum absolute atomic E-state index is 0.223. The van der Waals surface area contributed by atoms with Crippen molar-refractivity contribution in [3.63, 3.8) is 0 Å². The van der Waals surface area contributed by atoms with Crippen molar-refractivity contribution in [1.29, 1.82) is 0 Å². The topological polar surface area (TPSA) is 77.5 Å². The summed E-state index contributed by atoms with van der Waals surface area (Å²) in [5.41, 5.74) is 1.73. The van der Waals surface area contributed by atoms with Crippen molar-refractivity contribution in [1.82, 2.24) is 14.6 Å². The quantitative estimate of drug-likeness (QED) is 0.312. The van der Waals surface area contributed by atoms with E-state index in [9.17, 15) is 9.59 Å². The predicted molar refractivity (Wildman–Crippen MR) is 112 cm³/mol. The van der Waals surface area contributed by atoms with Gasteiger partial charge in [-0.3, -0.25) is 4.79 Å². The molecule has 0 atom stereocenters. The maximum atomic E-state index is 12.5. The summed E-state index contributed by atoms with van der Waals surface area (Å²) in [6.07, 6.45) is 1.26. The molecule has 0 bridgehead atoms. The lowest BCUT2D eigenvalue weighted by molar-refractivity contribution is 0.111. The third kappa shape index (κ3) is 3.14. The summed E-state index contributed by atoms with van der Waals surface area (Å²) in [5.74, 6) is 0. The maximum Gasteiger partial charge on any atom is 0.345 e. The van der Waals surface area contributed by atoms with Gasteiger partial charge in [-0.25, -0.2) is 9.78 Å². The molecule has 0 saturated heterocycles. The summed E-state index contributed by atoms with van der Waals surface area (Å²) in [6, 6.07) is 16.4. The molecule has 0 spiro atoms. The van der Waals surface area contributed by atoms with E-state index in [0.29, 0.717) is 28.3 Å². The van der Waals surface area contributed by atoms with E-state index in [2.05, 4.69) is 10.1 Å². The molecule has 0 unspecified atom stereocenters. The first kappa shape index (κ1) is 17.8. The first-order valence-electron chi connectivity index (χ1n) is 8.74. The van der Waals surface area contributed by atoms with Gasteiger partial charge in [0.05, 0.1) is 5.56 Å². The van der Waals surface area contributed by atoms with Crippen LogP contribution < -0.4 is 5.63 Å². The largest absolute Gasteiger partial charge is 0.422 e. The van der Waals surface area contributed by atoms with E-state index in [1.165, 1.54) is 15.9 Å². The minimum atomic E-state index is -0.543. The van der Waals surface area contributed by atoms with Crippen molar-refractivity contribution in [2.24, 2.45) is 0 Å². The Bertz CT molecular complexity index is 1430. The molecule has 6 nitrogen and oxygen atoms in total. The Labute approximate surface area is 173 Å². The molecule has 0 saturated carbocycles. The molecule has 5 rings (SSSR count). The van der Waals surface area contributed by atoms with Gasteiger partial charge >= 0.3 is 5.63 Å². The lowest BCUT2D eigenvalue weighted by Crippen LogP contribution is -2.05. The van der Waals surface area contributed by atoms with Crippen LogP contribution in [-0.4, -0.2) is 20.9 Å². The molecule has 0 aliphatic heterocycles. The molecule has 8 heteroatoms. The summed E-state index contributed by atoms with van der Waals surface area (Å²) in [5, 5.41) is 6.74. The number of hydrogen-bond acceptors (Lipinski definition) is 6. The molecule has 3 heterocycles. The number of aldehydes is 1. The molecule has 0 fully saturated rings. The number of benzene rings is 2. The monoisotopic (exact) mass is 421 g/mol. The van der Waals surface area contributed by atoms with Crippen LogP contribution >= 0.6 is 22.9 Å². The van der Waals surface area contributed by atoms with Crippen molar-refractivity contribution in [2.75, 3.05) is 0 Å². The number of carbonyl (C=O) groups excluding carboxylic acids is 1. The fraction of sp³-hybridized carbons (Fsp3) is 0.0476. The highest BCUT2D eigenvalue weighted by Gasteiger charge is 2.21. The van der Waals surface area contributed by atoms with Crippen LogP contribution in [0.5, 0.6) is 0 Å². The molecule has 0 radical (unpaired) electrons. The van der Waals surface area contributed by atoms with E-state index >= 15 is 0 Å². The molecular weight excluding hydrogens is 410 g/mol. The van der Waals surface area contributed by atoms with Crippen LogP contribution in [0.25, 0.3) is 27.2 Å². The molecule has 142 valence electrons. The van der Waals surface area contributed by atoms with E-state index in [1.807, 2.05) is 36.4 Å². The molecule has 2 aromatic carbocycles. The second-order valence-electron chi connectivity index (χ2n) is 6.44. The maximum absolute atomic E-state index is 12.5. The first-order valence-corrected chi connectivity index (χ1v) is 9.93. The average Bonchev–Trinajstić information content (AvgIpc) is 3.26. The summed E-state index contributed by atoms with van der Waals surface area (Å²) in [6.45, 7) is 0. The van der Waals surface area contributed by atoms with Crippen LogP contribution in [0.15, 0.2) is 63.8 Å². The van der Waals surface area contributed by atoms with Crippen LogP contribution in [0.4, 0.5) is 0 Å². The normalized spacial score (nSPS) is 11.3. The second-order valence-corrected chi connectivity index (χ2v) is 7.92. The number of nitrogens with zero attached hydrogens (tertiary/aromatic N) is 3. The third-order valence-electron chi connectivity index (χ3n) is 4.56. The zero-order valence-electron chi connectivity index (χ0n) is 14.8. The number of carbonyl (C=O) groups is 1. The van der Waals surface area contributed by atoms with Crippen molar-refractivity contribution < 1.29 is 9.21 Å². The van der Waals surface area contributed by atoms with Crippen LogP contribution in [0.2, 0.25) is 5.02 Å². The Hall–Kier alpha value is -3.29. The van der Waals surface area contributed by atoms with E-state index < -0.39 is 5.63 Å². The zero-order chi connectivity index (χ0) is 20.0. The fourth-order valence-electron chi connectivity index (χ4n) is 3.18. The van der Waals surface area contributed by atoms with Gasteiger partial charge in [0.25, 0.3) is 0 Å². The Morgan fingerprint density at radius 2 is 1.93 bits per heavy atom. The second kappa shape index (κ2) is 6.95. The Balaban J connectivity index is 1.60. The molecular formula is C21H12ClN3O3S. The Morgan fingerprint density at radius 3 is 2.72 bits per heavy atom. The number of rotatable bonds is 4. The Kier molecular flexibility index (Phi) is 4.26. The van der Waals surface area contributed by atoms with Crippen LogP contribution in [0, 0.1) is 0 Å². The average molecular weight is 422 g/mol. The van der Waals surface area contributed by atoms with Crippen LogP contribution in [0.3, 0.4) is 0 Å². The van der Waals surface area contributed by atoms with Gasteiger partial charge in [0.2, 0.25) is 4.96 Å². The lowest BCUT2D eigenvalue weighted by atomic mass is 10.1. The van der Waals surface area contributed by atoms with Crippen molar-refractivity contribution in [2.45, 2.75) is 6.42 Å². The lowest BCUT2D eigenvalue weighted by Gasteiger charge is -2.00. The predicted octanol–water partition coefficient (Wildman–Crippen LogP) is 4.62. The smallest absolute Gasteiger partial charge is 0.345 e. The number of para-hydroxylation sites is 1. The van der Waals surface area contributed by atoms with Crippen molar-refractivity contribution >= 4 is 45.2 Å². The zero-order valence-corrected chi connectivity index (χ0v) is 16.4. The number of fused-ring (bicyclic) bond motifs is 2. The highest BCUT2D eigenvalue weighted by atomic mass is 35.5. The van der Waals surface area contributed by atoms with Gasteiger partial charge in [-0.1, -0.05) is 53.3 Å². The number of aromatic nitrogens is 3. The van der Waals surface area contributed by atoms with E-state index in [4.69, 9.17) is 16.0 Å². The summed E-state index contributed by atoms with van der Waals surface area (Å²) >= 11 is 7.29. The summed E-state index contributed by atoms with van der Waals surface area (Å²) in [7, 11) is 0.